The molecule has 0 bridgehead atoms. The van der Waals surface area contributed by atoms with Gasteiger partial charge in [0.25, 0.3) is 11.6 Å². The molecular weight excluding hydrogens is 482 g/mol. The zero-order valence-electron chi connectivity index (χ0n) is 19.7. The van der Waals surface area contributed by atoms with Gasteiger partial charge in [-0.2, -0.15) is 0 Å². The molecule has 9 nitrogen and oxygen atoms in total. The number of nitrogens with two attached hydrogens (primary N) is 1. The summed E-state index contributed by atoms with van der Waals surface area (Å²) in [5.41, 5.74) is 8.89. The molecule has 1 saturated heterocycles. The average Bonchev–Trinajstić information content (AvgIpc) is 3.29. The van der Waals surface area contributed by atoms with Crippen LogP contribution in [0.3, 0.4) is 0 Å². The molecule has 1 fully saturated rings. The lowest BCUT2D eigenvalue weighted by Gasteiger charge is -2.36. The van der Waals surface area contributed by atoms with Crippen molar-refractivity contribution in [3.63, 3.8) is 0 Å². The number of H-pyrrole nitrogens is 1. The van der Waals surface area contributed by atoms with Crippen LogP contribution in [0.2, 0.25) is 0 Å². The monoisotopic (exact) mass is 509 g/mol. The number of carbonyl (C=O) groups excluding carboxylic acids is 1. The van der Waals surface area contributed by atoms with Crippen LogP contribution in [0.4, 0.5) is 11.4 Å². The second kappa shape index (κ2) is 10.8. The first kappa shape index (κ1) is 25.3. The molecule has 0 spiro atoms. The van der Waals surface area contributed by atoms with Crippen LogP contribution in [-0.4, -0.2) is 60.0 Å². The van der Waals surface area contributed by atoms with E-state index in [1.807, 2.05) is 42.6 Å². The maximum atomic E-state index is 12.8. The molecule has 1 amide bonds. The zero-order valence-corrected chi connectivity index (χ0v) is 20.5. The van der Waals surface area contributed by atoms with Crippen molar-refractivity contribution in [2.24, 2.45) is 5.73 Å². The number of non-ortho nitro benzene ring substituents is 1. The Morgan fingerprint density at radius 1 is 1.03 bits per heavy atom. The van der Waals surface area contributed by atoms with Crippen molar-refractivity contribution in [2.75, 3.05) is 44.2 Å². The van der Waals surface area contributed by atoms with E-state index in [0.29, 0.717) is 43.9 Å². The molecule has 5 rings (SSSR count). The lowest BCUT2D eigenvalue weighted by atomic mass is 10.1. The second-order valence-corrected chi connectivity index (χ2v) is 8.62. The Kier molecular flexibility index (Phi) is 7.61. The van der Waals surface area contributed by atoms with E-state index < -0.39 is 0 Å². The number of aromatic nitrogens is 1. The fraction of sp³-hybridized carbons (Fsp3) is 0.269. The summed E-state index contributed by atoms with van der Waals surface area (Å²) in [6.45, 7) is 2.95. The van der Waals surface area contributed by atoms with Gasteiger partial charge in [-0.25, -0.2) is 0 Å². The number of ether oxygens (including phenoxy) is 1. The number of piperazine rings is 1. The number of nitro groups is 1. The first-order chi connectivity index (χ1) is 17.0. The Morgan fingerprint density at radius 2 is 1.78 bits per heavy atom. The lowest BCUT2D eigenvalue weighted by molar-refractivity contribution is -0.383. The molecule has 0 radical (unpaired) electrons. The third-order valence-corrected chi connectivity index (χ3v) is 6.56. The number of carbonyl (C=O) groups is 1. The normalized spacial score (nSPS) is 13.6. The number of nitrogens with zero attached hydrogens (tertiary/aromatic N) is 3. The minimum Gasteiger partial charge on any atom is -0.484 e. The maximum absolute atomic E-state index is 12.8. The van der Waals surface area contributed by atoms with Gasteiger partial charge in [-0.3, -0.25) is 14.9 Å². The number of fused-ring (bicyclic) bond motifs is 2. The Morgan fingerprint density at radius 3 is 2.50 bits per heavy atom. The summed E-state index contributed by atoms with van der Waals surface area (Å²) >= 11 is 0. The maximum Gasteiger partial charge on any atom is 0.277 e. The van der Waals surface area contributed by atoms with Crippen molar-refractivity contribution in [1.29, 1.82) is 0 Å². The topological polar surface area (TPSA) is 118 Å². The minimum atomic E-state index is -0.352. The van der Waals surface area contributed by atoms with E-state index in [2.05, 4.69) is 9.88 Å². The number of amides is 1. The van der Waals surface area contributed by atoms with Gasteiger partial charge in [0, 0.05) is 60.4 Å². The highest BCUT2D eigenvalue weighted by atomic mass is 35.5. The SMILES string of the molecule is Cl.NCCc1c[nH]c2ccc(OCC(=O)N3CCN(c4ccc([N+](=O)[O-])c5ccccc45)CC3)cc12. The van der Waals surface area contributed by atoms with Crippen LogP contribution in [0.1, 0.15) is 5.56 Å². The van der Waals surface area contributed by atoms with Crippen molar-refractivity contribution >= 4 is 51.4 Å². The average molecular weight is 510 g/mol. The molecule has 3 aromatic carbocycles. The van der Waals surface area contributed by atoms with Crippen molar-refractivity contribution in [3.05, 3.63) is 76.5 Å². The fourth-order valence-electron chi connectivity index (χ4n) is 4.74. The molecular formula is C26H28ClN5O4. The summed E-state index contributed by atoms with van der Waals surface area (Å²) in [5, 5.41) is 13.9. The molecule has 0 aliphatic carbocycles. The van der Waals surface area contributed by atoms with Crippen LogP contribution in [0, 0.1) is 10.1 Å². The number of nitrogens with one attached hydrogen (secondary N) is 1. The summed E-state index contributed by atoms with van der Waals surface area (Å²) in [7, 11) is 0. The van der Waals surface area contributed by atoms with Gasteiger partial charge in [0.1, 0.15) is 5.75 Å². The molecule has 1 aromatic heterocycles. The zero-order chi connectivity index (χ0) is 24.4. The van der Waals surface area contributed by atoms with E-state index in [1.165, 1.54) is 0 Å². The first-order valence-electron chi connectivity index (χ1n) is 11.7. The van der Waals surface area contributed by atoms with Crippen LogP contribution in [0.25, 0.3) is 21.7 Å². The fourth-order valence-corrected chi connectivity index (χ4v) is 4.74. The van der Waals surface area contributed by atoms with Gasteiger partial charge in [-0.15, -0.1) is 12.4 Å². The molecule has 0 atom stereocenters. The minimum absolute atomic E-state index is 0. The van der Waals surface area contributed by atoms with Crippen LogP contribution in [-0.2, 0) is 11.2 Å². The number of aromatic amines is 1. The number of halogens is 1. The predicted molar refractivity (Wildman–Crippen MR) is 143 cm³/mol. The molecule has 4 aromatic rings. The van der Waals surface area contributed by atoms with Crippen molar-refractivity contribution in [3.8, 4) is 5.75 Å². The number of anilines is 1. The van der Waals surface area contributed by atoms with Gasteiger partial charge in [-0.05, 0) is 48.9 Å². The summed E-state index contributed by atoms with van der Waals surface area (Å²) in [4.78, 5) is 31.1. The molecule has 1 aliphatic rings. The summed E-state index contributed by atoms with van der Waals surface area (Å²) in [5.74, 6) is 0.592. The van der Waals surface area contributed by atoms with Gasteiger partial charge < -0.3 is 25.3 Å². The van der Waals surface area contributed by atoms with E-state index in [-0.39, 0.29) is 35.5 Å². The third-order valence-electron chi connectivity index (χ3n) is 6.56. The van der Waals surface area contributed by atoms with E-state index in [1.54, 1.807) is 23.1 Å². The van der Waals surface area contributed by atoms with Gasteiger partial charge in [0.2, 0.25) is 0 Å². The van der Waals surface area contributed by atoms with Crippen molar-refractivity contribution in [1.82, 2.24) is 9.88 Å². The number of hydrogen-bond donors (Lipinski definition) is 2. The van der Waals surface area contributed by atoms with Crippen LogP contribution in [0.5, 0.6) is 5.75 Å². The van der Waals surface area contributed by atoms with E-state index in [9.17, 15) is 14.9 Å². The van der Waals surface area contributed by atoms with Crippen molar-refractivity contribution < 1.29 is 14.5 Å². The quantitative estimate of drug-likeness (QED) is 0.288. The molecule has 0 saturated carbocycles. The smallest absolute Gasteiger partial charge is 0.277 e. The third kappa shape index (κ3) is 4.93. The highest BCUT2D eigenvalue weighted by molar-refractivity contribution is 6.00. The largest absolute Gasteiger partial charge is 0.484 e. The van der Waals surface area contributed by atoms with Crippen LogP contribution < -0.4 is 15.4 Å². The van der Waals surface area contributed by atoms with Gasteiger partial charge in [0.15, 0.2) is 6.61 Å². The standard InChI is InChI=1S/C26H27N5O4.ClH/c27-10-9-18-16-28-23-6-5-19(15-22(18)23)35-17-26(32)30-13-11-29(12-14-30)24-7-8-25(31(33)34)21-4-2-1-3-20(21)24;/h1-8,15-16,28H,9-14,17,27H2;1H. The predicted octanol–water partition coefficient (Wildman–Crippen LogP) is 3.88. The number of hydrogen-bond acceptors (Lipinski definition) is 6. The molecule has 0 unspecified atom stereocenters. The van der Waals surface area contributed by atoms with E-state index in [4.69, 9.17) is 10.5 Å². The first-order valence-corrected chi connectivity index (χ1v) is 11.7. The van der Waals surface area contributed by atoms with Crippen molar-refractivity contribution in [2.45, 2.75) is 6.42 Å². The molecule has 188 valence electrons. The Balaban J connectivity index is 0.00000304. The number of benzene rings is 3. The summed E-state index contributed by atoms with van der Waals surface area (Å²) < 4.78 is 5.82. The highest BCUT2D eigenvalue weighted by Gasteiger charge is 2.24. The highest BCUT2D eigenvalue weighted by Crippen LogP contribution is 2.34. The Labute approximate surface area is 214 Å². The summed E-state index contributed by atoms with van der Waals surface area (Å²) in [6, 6.07) is 16.5. The Hall–Kier alpha value is -3.82. The number of rotatable bonds is 7. The van der Waals surface area contributed by atoms with E-state index >= 15 is 0 Å². The van der Waals surface area contributed by atoms with E-state index in [0.717, 1.165) is 34.0 Å². The molecule has 1 aliphatic heterocycles. The molecule has 2 heterocycles. The molecule has 10 heteroatoms. The lowest BCUT2D eigenvalue weighted by Crippen LogP contribution is -2.50. The molecule has 3 N–H and O–H groups in total. The molecule has 36 heavy (non-hydrogen) atoms. The Bertz CT molecular complexity index is 1400. The van der Waals surface area contributed by atoms with Gasteiger partial charge >= 0.3 is 0 Å². The van der Waals surface area contributed by atoms with Crippen LogP contribution in [0.15, 0.2) is 60.8 Å². The number of nitro benzene ring substituents is 1. The van der Waals surface area contributed by atoms with Gasteiger partial charge in [0.05, 0.1) is 10.3 Å². The van der Waals surface area contributed by atoms with Crippen LogP contribution >= 0.6 is 12.4 Å². The summed E-state index contributed by atoms with van der Waals surface area (Å²) in [6.07, 6.45) is 2.73. The second-order valence-electron chi connectivity index (χ2n) is 8.62. The van der Waals surface area contributed by atoms with Gasteiger partial charge in [-0.1, -0.05) is 18.2 Å².